The maximum absolute atomic E-state index is 12.0. The zero-order chi connectivity index (χ0) is 13.1. The van der Waals surface area contributed by atoms with Crippen molar-refractivity contribution in [1.82, 2.24) is 14.9 Å². The van der Waals surface area contributed by atoms with E-state index in [-0.39, 0.29) is 11.8 Å². The molecule has 1 atom stereocenters. The van der Waals surface area contributed by atoms with E-state index in [1.54, 1.807) is 17.3 Å². The minimum absolute atomic E-state index is 0.0788. The summed E-state index contributed by atoms with van der Waals surface area (Å²) in [5, 5.41) is 0. The van der Waals surface area contributed by atoms with Gasteiger partial charge in [0.15, 0.2) is 0 Å². The number of rotatable bonds is 2. The van der Waals surface area contributed by atoms with Crippen molar-refractivity contribution in [2.24, 2.45) is 5.92 Å². The Morgan fingerprint density at radius 3 is 2.78 bits per heavy atom. The average molecular weight is 248 g/mol. The standard InChI is InChI=1S/C13H20N4O/c1-10-12(15-7-6-14-10)17-8-4-5-11(9-17)13(18)16(2)3/h6-7,11H,4-5,8-9H2,1-3H3. The molecule has 1 aliphatic rings. The minimum atomic E-state index is 0.0788. The molecule has 1 aromatic heterocycles. The predicted molar refractivity (Wildman–Crippen MR) is 70.4 cm³/mol. The zero-order valence-corrected chi connectivity index (χ0v) is 11.3. The molecule has 1 unspecified atom stereocenters. The molecule has 1 saturated heterocycles. The van der Waals surface area contributed by atoms with E-state index < -0.39 is 0 Å². The number of amides is 1. The molecule has 1 aromatic rings. The molecule has 0 saturated carbocycles. The fraction of sp³-hybridized carbons (Fsp3) is 0.615. The van der Waals surface area contributed by atoms with Crippen molar-refractivity contribution < 1.29 is 4.79 Å². The van der Waals surface area contributed by atoms with Gasteiger partial charge >= 0.3 is 0 Å². The molecule has 0 radical (unpaired) electrons. The van der Waals surface area contributed by atoms with Gasteiger partial charge < -0.3 is 9.80 Å². The first-order chi connectivity index (χ1) is 8.59. The minimum Gasteiger partial charge on any atom is -0.354 e. The number of hydrogen-bond acceptors (Lipinski definition) is 4. The number of piperidine rings is 1. The first-order valence-corrected chi connectivity index (χ1v) is 6.33. The van der Waals surface area contributed by atoms with E-state index in [1.807, 2.05) is 21.0 Å². The molecule has 5 nitrogen and oxygen atoms in total. The SMILES string of the molecule is Cc1nccnc1N1CCCC(C(=O)N(C)C)C1. The summed E-state index contributed by atoms with van der Waals surface area (Å²) in [6.45, 7) is 3.66. The topological polar surface area (TPSA) is 49.3 Å². The van der Waals surface area contributed by atoms with Crippen molar-refractivity contribution in [3.63, 3.8) is 0 Å². The normalized spacial score (nSPS) is 19.7. The summed E-state index contributed by atoms with van der Waals surface area (Å²) < 4.78 is 0. The molecule has 1 amide bonds. The molecular weight excluding hydrogens is 228 g/mol. The van der Waals surface area contributed by atoms with Gasteiger partial charge in [0.2, 0.25) is 5.91 Å². The van der Waals surface area contributed by atoms with Crippen LogP contribution in [0.1, 0.15) is 18.5 Å². The van der Waals surface area contributed by atoms with E-state index in [9.17, 15) is 4.79 Å². The van der Waals surface area contributed by atoms with Crippen LogP contribution >= 0.6 is 0 Å². The van der Waals surface area contributed by atoms with Gasteiger partial charge in [-0.1, -0.05) is 0 Å². The molecule has 2 rings (SSSR count). The second kappa shape index (κ2) is 5.33. The Balaban J connectivity index is 2.12. The summed E-state index contributed by atoms with van der Waals surface area (Å²) in [7, 11) is 3.63. The van der Waals surface area contributed by atoms with Crippen molar-refractivity contribution in [2.45, 2.75) is 19.8 Å². The lowest BCUT2D eigenvalue weighted by molar-refractivity contribution is -0.133. The first-order valence-electron chi connectivity index (χ1n) is 6.33. The summed E-state index contributed by atoms with van der Waals surface area (Å²) in [6, 6.07) is 0. The Kier molecular flexibility index (Phi) is 3.79. The van der Waals surface area contributed by atoms with Crippen molar-refractivity contribution in [2.75, 3.05) is 32.1 Å². The maximum atomic E-state index is 12.0. The molecule has 1 aliphatic heterocycles. The molecule has 1 fully saturated rings. The van der Waals surface area contributed by atoms with E-state index >= 15 is 0 Å². The largest absolute Gasteiger partial charge is 0.354 e. The molecule has 0 N–H and O–H groups in total. The molecule has 98 valence electrons. The van der Waals surface area contributed by atoms with Gasteiger partial charge in [-0.15, -0.1) is 0 Å². The van der Waals surface area contributed by atoms with Gasteiger partial charge in [0.1, 0.15) is 5.82 Å². The Hall–Kier alpha value is -1.65. The second-order valence-electron chi connectivity index (χ2n) is 4.98. The van der Waals surface area contributed by atoms with Crippen LogP contribution in [0, 0.1) is 12.8 Å². The Labute approximate surface area is 108 Å². The van der Waals surface area contributed by atoms with Crippen molar-refractivity contribution >= 4 is 11.7 Å². The molecule has 0 bridgehead atoms. The van der Waals surface area contributed by atoms with Crippen LogP contribution in [0.2, 0.25) is 0 Å². The summed E-state index contributed by atoms with van der Waals surface area (Å²) >= 11 is 0. The number of aryl methyl sites for hydroxylation is 1. The third kappa shape index (κ3) is 2.60. The molecule has 0 spiro atoms. The van der Waals surface area contributed by atoms with Gasteiger partial charge in [-0.2, -0.15) is 0 Å². The Morgan fingerprint density at radius 1 is 1.39 bits per heavy atom. The van der Waals surface area contributed by atoms with Gasteiger partial charge in [0, 0.05) is 39.6 Å². The fourth-order valence-electron chi connectivity index (χ4n) is 2.45. The van der Waals surface area contributed by atoms with Crippen LogP contribution in [0.5, 0.6) is 0 Å². The van der Waals surface area contributed by atoms with Crippen molar-refractivity contribution in [3.8, 4) is 0 Å². The summed E-state index contributed by atoms with van der Waals surface area (Å²) in [5.41, 5.74) is 0.926. The van der Waals surface area contributed by atoms with Gasteiger partial charge in [-0.3, -0.25) is 9.78 Å². The van der Waals surface area contributed by atoms with Gasteiger partial charge in [0.05, 0.1) is 11.6 Å². The van der Waals surface area contributed by atoms with Crippen LogP contribution in [0.25, 0.3) is 0 Å². The van der Waals surface area contributed by atoms with Crippen LogP contribution in [-0.2, 0) is 4.79 Å². The van der Waals surface area contributed by atoms with Gasteiger partial charge in [-0.05, 0) is 19.8 Å². The Bertz CT molecular complexity index is 433. The fourth-order valence-corrected chi connectivity index (χ4v) is 2.45. The first kappa shape index (κ1) is 12.8. The van der Waals surface area contributed by atoms with Crippen LogP contribution in [0.4, 0.5) is 5.82 Å². The van der Waals surface area contributed by atoms with E-state index in [1.165, 1.54) is 0 Å². The summed E-state index contributed by atoms with van der Waals surface area (Å²) in [6.07, 6.45) is 5.40. The summed E-state index contributed by atoms with van der Waals surface area (Å²) in [4.78, 5) is 24.5. The third-order valence-corrected chi connectivity index (χ3v) is 3.37. The van der Waals surface area contributed by atoms with Gasteiger partial charge in [0.25, 0.3) is 0 Å². The highest BCUT2D eigenvalue weighted by atomic mass is 16.2. The zero-order valence-electron chi connectivity index (χ0n) is 11.3. The number of carbonyl (C=O) groups is 1. The molecule has 5 heteroatoms. The highest BCUT2D eigenvalue weighted by Gasteiger charge is 2.28. The van der Waals surface area contributed by atoms with E-state index in [0.717, 1.165) is 37.4 Å². The quantitative estimate of drug-likeness (QED) is 0.786. The van der Waals surface area contributed by atoms with E-state index in [4.69, 9.17) is 0 Å². The van der Waals surface area contributed by atoms with E-state index in [0.29, 0.717) is 0 Å². The van der Waals surface area contributed by atoms with Gasteiger partial charge in [-0.25, -0.2) is 4.98 Å². The Morgan fingerprint density at radius 2 is 2.11 bits per heavy atom. The average Bonchev–Trinajstić information content (AvgIpc) is 2.38. The lowest BCUT2D eigenvalue weighted by atomic mass is 9.96. The molecular formula is C13H20N4O. The van der Waals surface area contributed by atoms with Crippen LogP contribution in [0.3, 0.4) is 0 Å². The number of nitrogens with zero attached hydrogens (tertiary/aromatic N) is 4. The maximum Gasteiger partial charge on any atom is 0.226 e. The second-order valence-corrected chi connectivity index (χ2v) is 4.98. The number of anilines is 1. The smallest absolute Gasteiger partial charge is 0.226 e. The van der Waals surface area contributed by atoms with Crippen LogP contribution < -0.4 is 4.90 Å². The third-order valence-electron chi connectivity index (χ3n) is 3.37. The number of aromatic nitrogens is 2. The predicted octanol–water partition coefficient (Wildman–Crippen LogP) is 1.09. The molecule has 0 aliphatic carbocycles. The monoisotopic (exact) mass is 248 g/mol. The molecule has 0 aromatic carbocycles. The van der Waals surface area contributed by atoms with Crippen molar-refractivity contribution in [1.29, 1.82) is 0 Å². The van der Waals surface area contributed by atoms with E-state index in [2.05, 4.69) is 14.9 Å². The molecule has 2 heterocycles. The molecule has 18 heavy (non-hydrogen) atoms. The lowest BCUT2D eigenvalue weighted by Gasteiger charge is -2.34. The van der Waals surface area contributed by atoms with Crippen molar-refractivity contribution in [3.05, 3.63) is 18.1 Å². The van der Waals surface area contributed by atoms with Crippen LogP contribution in [0.15, 0.2) is 12.4 Å². The lowest BCUT2D eigenvalue weighted by Crippen LogP contribution is -2.43. The number of carbonyl (C=O) groups excluding carboxylic acids is 1. The highest BCUT2D eigenvalue weighted by Crippen LogP contribution is 2.23. The summed E-state index contributed by atoms with van der Waals surface area (Å²) in [5.74, 6) is 1.20. The number of hydrogen-bond donors (Lipinski definition) is 0. The highest BCUT2D eigenvalue weighted by molar-refractivity contribution is 5.79. The van der Waals surface area contributed by atoms with Crippen LogP contribution in [-0.4, -0.2) is 48.0 Å².